The lowest BCUT2D eigenvalue weighted by Gasteiger charge is -2.32. The molecule has 2 rings (SSSR count). The molecule has 1 heterocycles. The van der Waals surface area contributed by atoms with Crippen molar-refractivity contribution in [2.24, 2.45) is 0 Å². The van der Waals surface area contributed by atoms with Crippen molar-refractivity contribution in [2.45, 2.75) is 25.5 Å². The van der Waals surface area contributed by atoms with Crippen LogP contribution in [-0.4, -0.2) is 42.4 Å². The van der Waals surface area contributed by atoms with Crippen LogP contribution in [0.4, 0.5) is 5.69 Å². The maximum Gasteiger partial charge on any atom is 0.0701 e. The van der Waals surface area contributed by atoms with Crippen LogP contribution in [0.1, 0.15) is 18.4 Å². The molecule has 0 atom stereocenters. The highest BCUT2D eigenvalue weighted by atomic mass is 35.5. The summed E-state index contributed by atoms with van der Waals surface area (Å²) in [5.74, 6) is 0. The van der Waals surface area contributed by atoms with Gasteiger partial charge in [-0.05, 0) is 25.0 Å². The molecule has 0 amide bonds. The summed E-state index contributed by atoms with van der Waals surface area (Å²) in [7, 11) is 0. The first-order valence-corrected chi connectivity index (χ1v) is 7.06. The van der Waals surface area contributed by atoms with Gasteiger partial charge in [0.1, 0.15) is 0 Å². The number of aliphatic hydroxyl groups excluding tert-OH is 1. The lowest BCUT2D eigenvalue weighted by atomic mass is 10.1. The highest BCUT2D eigenvalue weighted by molar-refractivity contribution is 6.31. The minimum atomic E-state index is 0.0936. The highest BCUT2D eigenvalue weighted by Crippen LogP contribution is 2.25. The number of likely N-dealkylation sites (tertiary alicyclic amines) is 1. The maximum absolute atomic E-state index is 8.74. The van der Waals surface area contributed by atoms with Gasteiger partial charge in [0.25, 0.3) is 0 Å². The van der Waals surface area contributed by atoms with E-state index in [1.807, 2.05) is 18.2 Å². The number of aliphatic hydroxyl groups is 1. The summed E-state index contributed by atoms with van der Waals surface area (Å²) in [6.07, 6.45) is 2.25. The first-order valence-electron chi connectivity index (χ1n) is 6.68. The molecule has 1 aliphatic heterocycles. The molecule has 0 unspecified atom stereocenters. The zero-order chi connectivity index (χ0) is 13.7. The van der Waals surface area contributed by atoms with Gasteiger partial charge in [0.2, 0.25) is 0 Å². The van der Waals surface area contributed by atoms with Gasteiger partial charge in [-0.15, -0.1) is 0 Å². The summed E-state index contributed by atoms with van der Waals surface area (Å²) in [4.78, 5) is 2.34. The Labute approximate surface area is 119 Å². The first-order chi connectivity index (χ1) is 9.20. The van der Waals surface area contributed by atoms with Crippen LogP contribution in [0, 0.1) is 0 Å². The summed E-state index contributed by atoms with van der Waals surface area (Å²) in [5.41, 5.74) is 7.74. The van der Waals surface area contributed by atoms with E-state index in [1.54, 1.807) is 0 Å². The minimum absolute atomic E-state index is 0.0936. The van der Waals surface area contributed by atoms with Gasteiger partial charge in [0.05, 0.1) is 19.3 Å². The summed E-state index contributed by atoms with van der Waals surface area (Å²) in [5, 5.41) is 9.48. The van der Waals surface area contributed by atoms with E-state index in [4.69, 9.17) is 27.2 Å². The van der Waals surface area contributed by atoms with E-state index in [-0.39, 0.29) is 12.7 Å². The molecule has 0 radical (unpaired) electrons. The van der Waals surface area contributed by atoms with Crippen LogP contribution in [0.15, 0.2) is 18.2 Å². The molecular weight excluding hydrogens is 264 g/mol. The van der Waals surface area contributed by atoms with Gasteiger partial charge in [0.15, 0.2) is 0 Å². The van der Waals surface area contributed by atoms with E-state index in [9.17, 15) is 0 Å². The molecule has 0 spiro atoms. The smallest absolute Gasteiger partial charge is 0.0701 e. The zero-order valence-corrected chi connectivity index (χ0v) is 11.8. The molecule has 0 bridgehead atoms. The fourth-order valence-corrected chi connectivity index (χ4v) is 2.66. The monoisotopic (exact) mass is 284 g/mol. The van der Waals surface area contributed by atoms with Gasteiger partial charge in [-0.1, -0.05) is 17.7 Å². The van der Waals surface area contributed by atoms with E-state index in [1.165, 1.54) is 0 Å². The molecule has 3 N–H and O–H groups in total. The number of nitrogens with zero attached hydrogens (tertiary/aromatic N) is 1. The Bertz CT molecular complexity index is 386. The number of halogens is 1. The van der Waals surface area contributed by atoms with Gasteiger partial charge in [-0.3, -0.25) is 4.90 Å². The molecule has 0 aromatic heterocycles. The lowest BCUT2D eigenvalue weighted by molar-refractivity contribution is -0.00897. The number of hydrogen-bond donors (Lipinski definition) is 2. The molecule has 19 heavy (non-hydrogen) atoms. The Morgan fingerprint density at radius 2 is 2.11 bits per heavy atom. The minimum Gasteiger partial charge on any atom is -0.398 e. The van der Waals surface area contributed by atoms with Crippen LogP contribution in [0.2, 0.25) is 5.02 Å². The predicted molar refractivity (Wildman–Crippen MR) is 77.2 cm³/mol. The largest absolute Gasteiger partial charge is 0.398 e. The molecular formula is C14H21ClN2O2. The molecule has 1 fully saturated rings. The Morgan fingerprint density at radius 1 is 1.37 bits per heavy atom. The van der Waals surface area contributed by atoms with E-state index in [0.29, 0.717) is 6.61 Å². The predicted octanol–water partition coefficient (Wildman–Crippen LogP) is 1.90. The van der Waals surface area contributed by atoms with E-state index in [2.05, 4.69) is 4.90 Å². The summed E-state index contributed by atoms with van der Waals surface area (Å²) in [6, 6.07) is 5.64. The number of benzene rings is 1. The van der Waals surface area contributed by atoms with Crippen LogP contribution in [0.25, 0.3) is 0 Å². The summed E-state index contributed by atoms with van der Waals surface area (Å²) < 4.78 is 5.55. The van der Waals surface area contributed by atoms with Crippen molar-refractivity contribution in [1.82, 2.24) is 4.90 Å². The van der Waals surface area contributed by atoms with Gasteiger partial charge in [-0.2, -0.15) is 0 Å². The average Bonchev–Trinajstić information content (AvgIpc) is 2.42. The summed E-state index contributed by atoms with van der Waals surface area (Å²) >= 11 is 6.19. The number of anilines is 1. The van der Waals surface area contributed by atoms with Crippen molar-refractivity contribution in [1.29, 1.82) is 0 Å². The number of nitrogens with two attached hydrogens (primary N) is 1. The molecule has 1 saturated heterocycles. The second kappa shape index (κ2) is 7.10. The van der Waals surface area contributed by atoms with Crippen molar-refractivity contribution < 1.29 is 9.84 Å². The SMILES string of the molecule is Nc1cccc(Cl)c1CN1CCC(OCCO)CC1. The molecule has 5 heteroatoms. The maximum atomic E-state index is 8.74. The molecule has 0 aliphatic carbocycles. The normalized spacial score (nSPS) is 17.8. The van der Waals surface area contributed by atoms with Crippen LogP contribution >= 0.6 is 11.6 Å². The molecule has 4 nitrogen and oxygen atoms in total. The second-order valence-electron chi connectivity index (χ2n) is 4.88. The third-order valence-electron chi connectivity index (χ3n) is 3.52. The fraction of sp³-hybridized carbons (Fsp3) is 0.571. The number of rotatable bonds is 5. The topological polar surface area (TPSA) is 58.7 Å². The fourth-order valence-electron chi connectivity index (χ4n) is 2.42. The Morgan fingerprint density at radius 3 is 2.74 bits per heavy atom. The van der Waals surface area contributed by atoms with E-state index < -0.39 is 0 Å². The molecule has 106 valence electrons. The van der Waals surface area contributed by atoms with Gasteiger partial charge >= 0.3 is 0 Å². The zero-order valence-electron chi connectivity index (χ0n) is 11.0. The number of hydrogen-bond acceptors (Lipinski definition) is 4. The average molecular weight is 285 g/mol. The number of nitrogen functional groups attached to an aromatic ring is 1. The van der Waals surface area contributed by atoms with Gasteiger partial charge < -0.3 is 15.6 Å². The van der Waals surface area contributed by atoms with Crippen molar-refractivity contribution in [3.63, 3.8) is 0 Å². The lowest BCUT2D eigenvalue weighted by Crippen LogP contribution is -2.37. The number of piperidine rings is 1. The summed E-state index contributed by atoms with van der Waals surface area (Å²) in [6.45, 7) is 3.26. The molecule has 0 saturated carbocycles. The Balaban J connectivity index is 1.85. The van der Waals surface area contributed by atoms with Crippen molar-refractivity contribution in [3.8, 4) is 0 Å². The standard InChI is InChI=1S/C14H21ClN2O2/c15-13-2-1-3-14(16)12(13)10-17-6-4-11(5-7-17)19-9-8-18/h1-3,11,18H,4-10,16H2. The van der Waals surface area contributed by atoms with Crippen molar-refractivity contribution >= 4 is 17.3 Å². The Hall–Kier alpha value is -0.810. The van der Waals surface area contributed by atoms with Crippen LogP contribution < -0.4 is 5.73 Å². The number of ether oxygens (including phenoxy) is 1. The third-order valence-corrected chi connectivity index (χ3v) is 3.87. The third kappa shape index (κ3) is 4.08. The Kier molecular flexibility index (Phi) is 5.45. The van der Waals surface area contributed by atoms with Crippen LogP contribution in [-0.2, 0) is 11.3 Å². The van der Waals surface area contributed by atoms with E-state index >= 15 is 0 Å². The van der Waals surface area contributed by atoms with Crippen LogP contribution in [0.3, 0.4) is 0 Å². The van der Waals surface area contributed by atoms with Gasteiger partial charge in [-0.25, -0.2) is 0 Å². The molecule has 1 aliphatic rings. The van der Waals surface area contributed by atoms with Gasteiger partial charge in [0, 0.05) is 35.9 Å². The van der Waals surface area contributed by atoms with Crippen LogP contribution in [0.5, 0.6) is 0 Å². The molecule has 1 aromatic carbocycles. The quantitative estimate of drug-likeness (QED) is 0.811. The second-order valence-corrected chi connectivity index (χ2v) is 5.28. The first kappa shape index (κ1) is 14.6. The van der Waals surface area contributed by atoms with Crippen molar-refractivity contribution in [2.75, 3.05) is 32.0 Å². The molecule has 1 aromatic rings. The van der Waals surface area contributed by atoms with E-state index in [0.717, 1.165) is 48.7 Å². The van der Waals surface area contributed by atoms with Crippen molar-refractivity contribution in [3.05, 3.63) is 28.8 Å². The highest BCUT2D eigenvalue weighted by Gasteiger charge is 2.20.